The average molecular weight is 367 g/mol. The van der Waals surface area contributed by atoms with Crippen LogP contribution < -0.4 is 4.90 Å². The number of hydrogen-bond donors (Lipinski definition) is 1. The van der Waals surface area contributed by atoms with Crippen LogP contribution in [-0.2, 0) is 6.54 Å². The van der Waals surface area contributed by atoms with Crippen LogP contribution in [0.25, 0.3) is 0 Å². The van der Waals surface area contributed by atoms with Crippen molar-refractivity contribution in [1.82, 2.24) is 19.8 Å². The van der Waals surface area contributed by atoms with Gasteiger partial charge in [-0.1, -0.05) is 24.3 Å². The number of carbonyl (C=O) groups is 1. The molecule has 2 aliphatic rings. The normalized spacial score (nSPS) is 20.5. The molecule has 4 rings (SSSR count). The minimum absolute atomic E-state index is 0.133. The second kappa shape index (κ2) is 7.25. The van der Waals surface area contributed by atoms with Crippen molar-refractivity contribution in [2.24, 2.45) is 0 Å². The van der Waals surface area contributed by atoms with Gasteiger partial charge in [-0.2, -0.15) is 0 Å². The van der Waals surface area contributed by atoms with E-state index in [4.69, 9.17) is 0 Å². The molecule has 1 aromatic carbocycles. The predicted molar refractivity (Wildman–Crippen MR) is 103 cm³/mol. The summed E-state index contributed by atoms with van der Waals surface area (Å²) in [7, 11) is 2.11. The number of carbonyl (C=O) groups excluding carboxylic acids is 1. The predicted octanol–water partition coefficient (Wildman–Crippen LogP) is 1.23. The van der Waals surface area contributed by atoms with Crippen LogP contribution in [0.15, 0.2) is 30.5 Å². The third-order valence-electron chi connectivity index (χ3n) is 5.44. The molecule has 1 N–H and O–H groups in total. The fourth-order valence-electron chi connectivity index (χ4n) is 3.73. The highest BCUT2D eigenvalue weighted by Gasteiger charge is 2.28. The number of aryl methyl sites for hydroxylation is 1. The van der Waals surface area contributed by atoms with Gasteiger partial charge < -0.3 is 19.8 Å². The number of amides is 1. The Morgan fingerprint density at radius 2 is 1.93 bits per heavy atom. The summed E-state index contributed by atoms with van der Waals surface area (Å²) in [6, 6.07) is 7.71. The molecule has 3 heterocycles. The molecule has 1 amide bonds. The van der Waals surface area contributed by atoms with Crippen LogP contribution >= 0.6 is 0 Å². The highest BCUT2D eigenvalue weighted by Crippen LogP contribution is 2.27. The van der Waals surface area contributed by atoms with E-state index in [1.807, 2.05) is 31.2 Å². The molecule has 0 unspecified atom stereocenters. The summed E-state index contributed by atoms with van der Waals surface area (Å²) in [6.07, 6.45) is 0.968. The summed E-state index contributed by atoms with van der Waals surface area (Å²) in [5, 5.41) is 10.4. The van der Waals surface area contributed by atoms with Gasteiger partial charge in [-0.3, -0.25) is 4.79 Å². The minimum Gasteiger partial charge on any atom is -0.387 e. The van der Waals surface area contributed by atoms with Gasteiger partial charge in [0.1, 0.15) is 0 Å². The number of β-amino-alcohol motifs (C(OH)–C–C–N with tert-alkyl or cyclic N) is 1. The first kappa shape index (κ1) is 17.9. The summed E-state index contributed by atoms with van der Waals surface area (Å²) >= 11 is 0. The van der Waals surface area contributed by atoms with Crippen molar-refractivity contribution in [3.8, 4) is 0 Å². The highest BCUT2D eigenvalue weighted by atomic mass is 16.3. The van der Waals surface area contributed by atoms with Crippen LogP contribution in [0.3, 0.4) is 0 Å². The topological polar surface area (TPSA) is 72.8 Å². The summed E-state index contributed by atoms with van der Waals surface area (Å²) in [5.41, 5.74) is 3.06. The van der Waals surface area contributed by atoms with E-state index in [-0.39, 0.29) is 12.5 Å². The van der Waals surface area contributed by atoms with Gasteiger partial charge in [0.25, 0.3) is 5.91 Å². The van der Waals surface area contributed by atoms with E-state index in [0.717, 1.165) is 37.3 Å². The highest BCUT2D eigenvalue weighted by molar-refractivity contribution is 5.95. The van der Waals surface area contributed by atoms with Crippen molar-refractivity contribution in [3.63, 3.8) is 0 Å². The van der Waals surface area contributed by atoms with Crippen LogP contribution in [0.4, 0.5) is 5.95 Å². The Morgan fingerprint density at radius 3 is 2.67 bits per heavy atom. The van der Waals surface area contributed by atoms with E-state index >= 15 is 0 Å². The van der Waals surface area contributed by atoms with Gasteiger partial charge >= 0.3 is 0 Å². The molecule has 1 saturated heterocycles. The van der Waals surface area contributed by atoms with Crippen molar-refractivity contribution >= 4 is 11.9 Å². The first-order valence-electron chi connectivity index (χ1n) is 9.35. The van der Waals surface area contributed by atoms with E-state index < -0.39 is 6.10 Å². The summed E-state index contributed by atoms with van der Waals surface area (Å²) in [6.45, 7) is 6.36. The summed E-state index contributed by atoms with van der Waals surface area (Å²) in [5.74, 6) is 0.548. The van der Waals surface area contributed by atoms with Crippen LogP contribution in [0.1, 0.15) is 33.3 Å². The Kier molecular flexibility index (Phi) is 4.80. The molecule has 7 heteroatoms. The Bertz CT molecular complexity index is 848. The first-order chi connectivity index (χ1) is 13.0. The van der Waals surface area contributed by atoms with Gasteiger partial charge in [-0.25, -0.2) is 9.97 Å². The first-order valence-corrected chi connectivity index (χ1v) is 9.35. The minimum atomic E-state index is -0.662. The molecular formula is C20H25N5O2. The number of likely N-dealkylation sites (N-methyl/N-ethyl adjacent to an activating group) is 1. The number of aromatic nitrogens is 2. The quantitative estimate of drug-likeness (QED) is 0.861. The molecule has 27 heavy (non-hydrogen) atoms. The zero-order valence-electron chi connectivity index (χ0n) is 15.8. The lowest BCUT2D eigenvalue weighted by Crippen LogP contribution is -2.45. The second-order valence-electron chi connectivity index (χ2n) is 7.36. The van der Waals surface area contributed by atoms with E-state index in [1.54, 1.807) is 11.1 Å². The molecule has 142 valence electrons. The Hall–Kier alpha value is -2.51. The number of hydrogen-bond acceptors (Lipinski definition) is 6. The van der Waals surface area contributed by atoms with Gasteiger partial charge in [0.2, 0.25) is 5.95 Å². The van der Waals surface area contributed by atoms with Crippen molar-refractivity contribution in [2.45, 2.75) is 19.6 Å². The fourth-order valence-corrected chi connectivity index (χ4v) is 3.73. The van der Waals surface area contributed by atoms with Crippen molar-refractivity contribution < 1.29 is 9.90 Å². The largest absolute Gasteiger partial charge is 0.387 e. The summed E-state index contributed by atoms with van der Waals surface area (Å²) in [4.78, 5) is 28.2. The van der Waals surface area contributed by atoms with Crippen molar-refractivity contribution in [3.05, 3.63) is 52.8 Å². The molecule has 0 aliphatic carbocycles. The number of piperazine rings is 1. The third kappa shape index (κ3) is 3.52. The lowest BCUT2D eigenvalue weighted by molar-refractivity contribution is 0.0548. The smallest absolute Gasteiger partial charge is 0.257 e. The van der Waals surface area contributed by atoms with E-state index in [9.17, 15) is 9.90 Å². The molecular weight excluding hydrogens is 342 g/mol. The molecule has 0 saturated carbocycles. The zero-order chi connectivity index (χ0) is 19.0. The van der Waals surface area contributed by atoms with Crippen LogP contribution in [0.2, 0.25) is 0 Å². The van der Waals surface area contributed by atoms with Gasteiger partial charge in [0.05, 0.1) is 23.9 Å². The van der Waals surface area contributed by atoms with Crippen molar-refractivity contribution in [1.29, 1.82) is 0 Å². The number of rotatable bonds is 2. The molecule has 1 atom stereocenters. The zero-order valence-corrected chi connectivity index (χ0v) is 15.8. The number of aliphatic hydroxyl groups is 1. The maximum atomic E-state index is 13.0. The van der Waals surface area contributed by atoms with E-state index in [1.165, 1.54) is 0 Å². The molecule has 7 nitrogen and oxygen atoms in total. The number of benzene rings is 1. The molecule has 2 aromatic rings. The molecule has 0 bridgehead atoms. The average Bonchev–Trinajstić information content (AvgIpc) is 2.68. The lowest BCUT2D eigenvalue weighted by atomic mass is 9.97. The van der Waals surface area contributed by atoms with E-state index in [0.29, 0.717) is 23.8 Å². The third-order valence-corrected chi connectivity index (χ3v) is 5.44. The molecule has 0 radical (unpaired) electrons. The van der Waals surface area contributed by atoms with Gasteiger partial charge in [-0.05, 0) is 25.1 Å². The Balaban J connectivity index is 1.53. The molecule has 1 fully saturated rings. The fraction of sp³-hybridized carbons (Fsp3) is 0.450. The van der Waals surface area contributed by atoms with Gasteiger partial charge in [0, 0.05) is 38.9 Å². The molecule has 0 spiro atoms. The number of aliphatic hydroxyl groups excluding tert-OH is 1. The van der Waals surface area contributed by atoms with Crippen LogP contribution in [0, 0.1) is 6.92 Å². The van der Waals surface area contributed by atoms with Crippen LogP contribution in [-0.4, -0.2) is 70.6 Å². The maximum Gasteiger partial charge on any atom is 0.257 e. The van der Waals surface area contributed by atoms with Gasteiger partial charge in [0.15, 0.2) is 0 Å². The summed E-state index contributed by atoms with van der Waals surface area (Å²) < 4.78 is 0. The molecule has 2 aliphatic heterocycles. The Morgan fingerprint density at radius 1 is 1.19 bits per heavy atom. The Labute approximate surface area is 159 Å². The van der Waals surface area contributed by atoms with E-state index in [2.05, 4.69) is 26.8 Å². The molecule has 1 aromatic heterocycles. The maximum absolute atomic E-state index is 13.0. The van der Waals surface area contributed by atoms with Crippen molar-refractivity contribution in [2.75, 3.05) is 44.7 Å². The lowest BCUT2D eigenvalue weighted by Gasteiger charge is -2.33. The second-order valence-corrected chi connectivity index (χ2v) is 7.36. The number of fused-ring (bicyclic) bond motifs is 1. The number of anilines is 1. The SMILES string of the molecule is Cc1nc(N2CCN(C)CC2)ncc1C(=O)N1Cc2ccccc2[C@@H](O)C1. The van der Waals surface area contributed by atoms with Crippen LogP contribution in [0.5, 0.6) is 0 Å². The standard InChI is InChI=1S/C20H25N5O2/c1-14-17(11-21-20(22-14)24-9-7-23(2)8-10-24)19(27)25-12-15-5-3-4-6-16(15)18(26)13-25/h3-6,11,18,26H,7-10,12-13H2,1-2H3/t18-/m0/s1. The number of nitrogens with zero attached hydrogens (tertiary/aromatic N) is 5. The monoisotopic (exact) mass is 367 g/mol. The van der Waals surface area contributed by atoms with Gasteiger partial charge in [-0.15, -0.1) is 0 Å².